The second kappa shape index (κ2) is 37.1. The molecule has 0 fully saturated rings. The monoisotopic (exact) mass is 697 g/mol. The van der Waals surface area contributed by atoms with Gasteiger partial charge in [-0.2, -0.15) is 0 Å². The molecule has 0 aromatic carbocycles. The fourth-order valence-electron chi connectivity index (χ4n) is 5.33. The summed E-state index contributed by atoms with van der Waals surface area (Å²) in [6.45, 7) is 4.72. The van der Waals surface area contributed by atoms with Crippen molar-refractivity contribution in [3.05, 3.63) is 72.9 Å². The van der Waals surface area contributed by atoms with Crippen molar-refractivity contribution in [1.29, 1.82) is 0 Å². The summed E-state index contributed by atoms with van der Waals surface area (Å²) < 4.78 is 5.87. The molecular weight excluding hydrogens is 624 g/mol. The number of amides is 1. The third kappa shape index (κ3) is 33.3. The van der Waals surface area contributed by atoms with E-state index in [1.165, 1.54) is 0 Å². The van der Waals surface area contributed by atoms with Crippen LogP contribution in [0.1, 0.15) is 162 Å². The summed E-state index contributed by atoms with van der Waals surface area (Å²) in [7, 11) is 0. The van der Waals surface area contributed by atoms with E-state index in [-0.39, 0.29) is 18.0 Å². The fraction of sp³-hybridized carbons (Fsp3) is 0.651. The van der Waals surface area contributed by atoms with Crippen molar-refractivity contribution in [2.24, 2.45) is 5.73 Å². The molecule has 0 rings (SSSR count). The number of rotatable bonds is 34. The number of carbonyl (C=O) groups excluding carboxylic acids is 2. The van der Waals surface area contributed by atoms with Crippen molar-refractivity contribution in [2.45, 2.75) is 174 Å². The van der Waals surface area contributed by atoms with Gasteiger partial charge in [0.15, 0.2) is 0 Å². The fourth-order valence-corrected chi connectivity index (χ4v) is 5.33. The molecule has 0 aliphatic heterocycles. The maximum absolute atomic E-state index is 12.6. The lowest BCUT2D eigenvalue weighted by Gasteiger charge is -2.18. The Labute approximate surface area is 305 Å². The second-order valence-electron chi connectivity index (χ2n) is 13.0. The van der Waals surface area contributed by atoms with Crippen LogP contribution < -0.4 is 11.1 Å². The Balaban J connectivity index is 4.00. The highest BCUT2D eigenvalue weighted by atomic mass is 16.5. The summed E-state index contributed by atoms with van der Waals surface area (Å²) >= 11 is 0. The first-order chi connectivity index (χ1) is 24.4. The number of carbonyl (C=O) groups is 3. The topological polar surface area (TPSA) is 119 Å². The Kier molecular flexibility index (Phi) is 34.7. The third-order valence-corrected chi connectivity index (χ3v) is 8.29. The zero-order valence-corrected chi connectivity index (χ0v) is 31.7. The van der Waals surface area contributed by atoms with Gasteiger partial charge < -0.3 is 20.9 Å². The minimum absolute atomic E-state index is 0.0661. The summed E-state index contributed by atoms with van der Waals surface area (Å²) in [6.07, 6.45) is 46.9. The van der Waals surface area contributed by atoms with E-state index in [0.717, 1.165) is 116 Å². The molecule has 0 saturated carbocycles. The number of allylic oxidation sites excluding steroid dienone is 12. The average Bonchev–Trinajstić information content (AvgIpc) is 3.10. The van der Waals surface area contributed by atoms with Crippen LogP contribution in [0.15, 0.2) is 72.9 Å². The Hall–Kier alpha value is -3.19. The largest absolute Gasteiger partial charge is 0.480 e. The number of hydrogen-bond donors (Lipinski definition) is 3. The Bertz CT molecular complexity index is 1010. The molecule has 1 amide bonds. The summed E-state index contributed by atoms with van der Waals surface area (Å²) in [4.78, 5) is 36.1. The maximum Gasteiger partial charge on any atom is 0.326 e. The lowest BCUT2D eigenvalue weighted by molar-refractivity contribution is -0.150. The number of esters is 1. The Morgan fingerprint density at radius 3 is 1.64 bits per heavy atom. The highest BCUT2D eigenvalue weighted by Crippen LogP contribution is 2.17. The van der Waals surface area contributed by atoms with Gasteiger partial charge in [0.1, 0.15) is 12.1 Å². The summed E-state index contributed by atoms with van der Waals surface area (Å²) in [5.74, 6) is -1.36. The van der Waals surface area contributed by atoms with Crippen LogP contribution in [0, 0.1) is 0 Å². The number of aliphatic carboxylic acids is 1. The van der Waals surface area contributed by atoms with E-state index >= 15 is 0 Å². The summed E-state index contributed by atoms with van der Waals surface area (Å²) in [5.41, 5.74) is 5.46. The summed E-state index contributed by atoms with van der Waals surface area (Å²) in [5, 5.41) is 11.9. The van der Waals surface area contributed by atoms with Gasteiger partial charge in [-0.05, 0) is 109 Å². The van der Waals surface area contributed by atoms with Gasteiger partial charge in [-0.3, -0.25) is 9.59 Å². The molecule has 0 heterocycles. The minimum atomic E-state index is -1.02. The van der Waals surface area contributed by atoms with E-state index in [4.69, 9.17) is 10.5 Å². The normalized spacial score (nSPS) is 13.5. The molecule has 0 bridgehead atoms. The zero-order valence-electron chi connectivity index (χ0n) is 31.7. The van der Waals surface area contributed by atoms with Crippen LogP contribution in [0.25, 0.3) is 0 Å². The van der Waals surface area contributed by atoms with Crippen LogP contribution in [0.3, 0.4) is 0 Å². The van der Waals surface area contributed by atoms with Crippen molar-refractivity contribution < 1.29 is 24.2 Å². The molecular formula is C43H72N2O5. The van der Waals surface area contributed by atoms with Crippen molar-refractivity contribution >= 4 is 17.8 Å². The van der Waals surface area contributed by atoms with Gasteiger partial charge in [-0.25, -0.2) is 4.79 Å². The Morgan fingerprint density at radius 1 is 0.600 bits per heavy atom. The van der Waals surface area contributed by atoms with Gasteiger partial charge >= 0.3 is 11.9 Å². The van der Waals surface area contributed by atoms with Crippen LogP contribution in [-0.2, 0) is 19.1 Å². The van der Waals surface area contributed by atoms with Crippen molar-refractivity contribution in [2.75, 3.05) is 6.54 Å². The highest BCUT2D eigenvalue weighted by molar-refractivity contribution is 5.83. The molecule has 284 valence electrons. The molecule has 0 saturated heterocycles. The van der Waals surface area contributed by atoms with Crippen LogP contribution in [0.5, 0.6) is 0 Å². The molecule has 0 aromatic rings. The smallest absolute Gasteiger partial charge is 0.326 e. The number of hydrogen-bond acceptors (Lipinski definition) is 5. The molecule has 0 aromatic heterocycles. The molecule has 0 spiro atoms. The van der Waals surface area contributed by atoms with Crippen molar-refractivity contribution in [1.82, 2.24) is 5.32 Å². The minimum Gasteiger partial charge on any atom is -0.480 e. The molecule has 0 aliphatic rings. The van der Waals surface area contributed by atoms with Gasteiger partial charge in [-0.15, -0.1) is 0 Å². The second-order valence-corrected chi connectivity index (χ2v) is 13.0. The predicted octanol–water partition coefficient (Wildman–Crippen LogP) is 10.8. The van der Waals surface area contributed by atoms with Gasteiger partial charge in [0.2, 0.25) is 5.91 Å². The van der Waals surface area contributed by atoms with E-state index in [0.29, 0.717) is 38.6 Å². The quantitative estimate of drug-likeness (QED) is 0.0350. The van der Waals surface area contributed by atoms with Gasteiger partial charge in [0.25, 0.3) is 0 Å². The first kappa shape index (κ1) is 46.8. The Morgan fingerprint density at radius 2 is 1.10 bits per heavy atom. The van der Waals surface area contributed by atoms with Gasteiger partial charge in [0, 0.05) is 12.8 Å². The highest BCUT2D eigenvalue weighted by Gasteiger charge is 2.19. The molecule has 7 nitrogen and oxygen atoms in total. The van der Waals surface area contributed by atoms with Crippen LogP contribution in [0.4, 0.5) is 0 Å². The van der Waals surface area contributed by atoms with Crippen molar-refractivity contribution in [3.8, 4) is 0 Å². The molecule has 7 heteroatoms. The lowest BCUT2D eigenvalue weighted by atomic mass is 10.0. The van der Waals surface area contributed by atoms with E-state index in [9.17, 15) is 19.5 Å². The number of unbranched alkanes of at least 4 members (excludes halogenated alkanes) is 8. The molecule has 0 radical (unpaired) electrons. The number of carboxylic acids is 1. The average molecular weight is 697 g/mol. The van der Waals surface area contributed by atoms with Crippen LogP contribution in [-0.4, -0.2) is 41.6 Å². The number of carboxylic acid groups (broad SMARTS) is 1. The molecule has 4 N–H and O–H groups in total. The standard InChI is InChI=1S/C43H72N2O5/c1-3-5-7-8-9-10-11-12-13-14-15-16-17-18-19-20-21-22-23-24-25-26-31-37-42(47)50-39(33-28-6-4-2)34-29-27-30-36-41(46)45-40(43(48)49)35-32-38-44/h5,7,9-10,12-13,15-16,18-19,21-22,39-40H,3-4,6,8,11,14,17,20,23-38,44H2,1-2H3,(H,45,46)(H,48,49)/b7-5-,10-9-,13-12-,16-15-,19-18-,22-21-. The number of nitrogens with two attached hydrogens (primary N) is 1. The van der Waals surface area contributed by atoms with Gasteiger partial charge in [-0.1, -0.05) is 119 Å². The van der Waals surface area contributed by atoms with E-state index < -0.39 is 12.0 Å². The van der Waals surface area contributed by atoms with Crippen LogP contribution in [0.2, 0.25) is 0 Å². The van der Waals surface area contributed by atoms with E-state index in [2.05, 4.69) is 92.1 Å². The predicted molar refractivity (Wildman–Crippen MR) is 211 cm³/mol. The van der Waals surface area contributed by atoms with Crippen molar-refractivity contribution in [3.63, 3.8) is 0 Å². The first-order valence-corrected chi connectivity index (χ1v) is 19.8. The molecule has 2 unspecified atom stereocenters. The molecule has 2 atom stereocenters. The molecule has 0 aliphatic carbocycles. The lowest BCUT2D eigenvalue weighted by Crippen LogP contribution is -2.40. The number of ether oxygens (including phenoxy) is 1. The zero-order chi connectivity index (χ0) is 36.8. The van der Waals surface area contributed by atoms with Gasteiger partial charge in [0.05, 0.1) is 0 Å². The first-order valence-electron chi connectivity index (χ1n) is 19.8. The number of nitrogens with one attached hydrogen (secondary N) is 1. The SMILES string of the molecule is CC/C=C\C/C=C\C/C=C\C/C=C\C/C=C\C/C=C\CCCCCCC(=O)OC(CCCCC)CCCCCC(=O)NC(CCCN)C(=O)O. The molecule has 50 heavy (non-hydrogen) atoms. The maximum atomic E-state index is 12.6. The van der Waals surface area contributed by atoms with E-state index in [1.54, 1.807) is 0 Å². The summed E-state index contributed by atoms with van der Waals surface area (Å²) in [6, 6.07) is -0.879. The van der Waals surface area contributed by atoms with Crippen LogP contribution >= 0.6 is 0 Å². The van der Waals surface area contributed by atoms with E-state index in [1.807, 2.05) is 0 Å². The third-order valence-electron chi connectivity index (χ3n) is 8.29.